The van der Waals surface area contributed by atoms with Crippen molar-refractivity contribution in [1.82, 2.24) is 0 Å². The van der Waals surface area contributed by atoms with Crippen molar-refractivity contribution in [2.24, 2.45) is 0 Å². The van der Waals surface area contributed by atoms with E-state index in [0.717, 1.165) is 11.3 Å². The summed E-state index contributed by atoms with van der Waals surface area (Å²) in [6.07, 6.45) is 0.366. The van der Waals surface area contributed by atoms with Crippen LogP contribution in [0.5, 0.6) is 0 Å². The molecule has 3 heteroatoms. The molecule has 1 rings (SSSR count). The van der Waals surface area contributed by atoms with Crippen LogP contribution in [0.4, 0.5) is 0 Å². The van der Waals surface area contributed by atoms with Gasteiger partial charge in [0.15, 0.2) is 0 Å². The van der Waals surface area contributed by atoms with Crippen molar-refractivity contribution in [3.8, 4) is 0 Å². The van der Waals surface area contributed by atoms with Gasteiger partial charge in [-0.2, -0.15) is 11.8 Å². The molecule has 2 nitrogen and oxygen atoms in total. The summed E-state index contributed by atoms with van der Waals surface area (Å²) in [5.41, 5.74) is 2.30. The zero-order chi connectivity index (χ0) is 12.0. The Bertz CT molecular complexity index is 348. The van der Waals surface area contributed by atoms with E-state index in [0.29, 0.717) is 11.7 Å². The SMILES string of the molecule is COC(=O)Cc1ccccc1CSC(C)C. The molecule has 0 bridgehead atoms. The van der Waals surface area contributed by atoms with Crippen molar-refractivity contribution in [2.75, 3.05) is 7.11 Å². The van der Waals surface area contributed by atoms with Gasteiger partial charge in [0.2, 0.25) is 0 Å². The number of hydrogen-bond acceptors (Lipinski definition) is 3. The first-order valence-electron chi connectivity index (χ1n) is 5.38. The van der Waals surface area contributed by atoms with Crippen molar-refractivity contribution in [3.63, 3.8) is 0 Å². The van der Waals surface area contributed by atoms with Gasteiger partial charge in [-0.1, -0.05) is 38.1 Å². The van der Waals surface area contributed by atoms with E-state index in [9.17, 15) is 4.79 Å². The van der Waals surface area contributed by atoms with Crippen LogP contribution in [0.15, 0.2) is 24.3 Å². The van der Waals surface area contributed by atoms with Crippen LogP contribution < -0.4 is 0 Å². The molecule has 1 aromatic rings. The minimum Gasteiger partial charge on any atom is -0.469 e. The smallest absolute Gasteiger partial charge is 0.309 e. The van der Waals surface area contributed by atoms with E-state index in [1.807, 2.05) is 30.0 Å². The molecule has 0 aliphatic carbocycles. The normalized spacial score (nSPS) is 10.5. The Labute approximate surface area is 101 Å². The Morgan fingerprint density at radius 2 is 1.94 bits per heavy atom. The third kappa shape index (κ3) is 4.27. The molecule has 0 saturated heterocycles. The first kappa shape index (κ1) is 13.1. The zero-order valence-electron chi connectivity index (χ0n) is 10.0. The molecule has 1 aromatic carbocycles. The topological polar surface area (TPSA) is 26.3 Å². The van der Waals surface area contributed by atoms with Crippen LogP contribution in [-0.2, 0) is 21.7 Å². The van der Waals surface area contributed by atoms with Gasteiger partial charge < -0.3 is 4.74 Å². The van der Waals surface area contributed by atoms with E-state index in [2.05, 4.69) is 24.7 Å². The molecular weight excluding hydrogens is 220 g/mol. The predicted octanol–water partition coefficient (Wildman–Crippen LogP) is 3.04. The first-order valence-corrected chi connectivity index (χ1v) is 6.43. The molecule has 0 spiro atoms. The molecule has 0 heterocycles. The standard InChI is InChI=1S/C13H18O2S/c1-10(2)16-9-12-7-5-4-6-11(12)8-13(14)15-3/h4-7,10H,8-9H2,1-3H3. The van der Waals surface area contributed by atoms with E-state index >= 15 is 0 Å². The lowest BCUT2D eigenvalue weighted by atomic mass is 10.1. The Balaban J connectivity index is 2.71. The predicted molar refractivity (Wildman–Crippen MR) is 68.6 cm³/mol. The lowest BCUT2D eigenvalue weighted by Gasteiger charge is -2.09. The van der Waals surface area contributed by atoms with Crippen molar-refractivity contribution >= 4 is 17.7 Å². The zero-order valence-corrected chi connectivity index (χ0v) is 10.8. The van der Waals surface area contributed by atoms with E-state index in [1.54, 1.807) is 0 Å². The van der Waals surface area contributed by atoms with Crippen LogP contribution in [0.1, 0.15) is 25.0 Å². The average Bonchev–Trinajstić information content (AvgIpc) is 2.27. The largest absolute Gasteiger partial charge is 0.469 e. The molecule has 0 aliphatic rings. The Hall–Kier alpha value is -0.960. The molecule has 0 fully saturated rings. The molecule has 0 unspecified atom stereocenters. The molecule has 0 saturated carbocycles. The Morgan fingerprint density at radius 1 is 1.31 bits per heavy atom. The summed E-state index contributed by atoms with van der Waals surface area (Å²) in [5.74, 6) is 0.771. The minimum atomic E-state index is -0.179. The van der Waals surface area contributed by atoms with Gasteiger partial charge in [0.1, 0.15) is 0 Å². The van der Waals surface area contributed by atoms with Gasteiger partial charge in [-0.25, -0.2) is 0 Å². The second-order valence-corrected chi connectivity index (χ2v) is 5.45. The van der Waals surface area contributed by atoms with E-state index in [1.165, 1.54) is 12.7 Å². The molecule has 0 amide bonds. The van der Waals surface area contributed by atoms with Crippen LogP contribution in [0.25, 0.3) is 0 Å². The summed E-state index contributed by atoms with van der Waals surface area (Å²) in [6.45, 7) is 4.35. The lowest BCUT2D eigenvalue weighted by Crippen LogP contribution is -2.06. The molecule has 88 valence electrons. The number of benzene rings is 1. The molecular formula is C13H18O2S. The van der Waals surface area contributed by atoms with Gasteiger partial charge in [0, 0.05) is 5.75 Å². The van der Waals surface area contributed by atoms with Crippen LogP contribution in [0.3, 0.4) is 0 Å². The quantitative estimate of drug-likeness (QED) is 0.738. The van der Waals surface area contributed by atoms with E-state index in [-0.39, 0.29) is 5.97 Å². The maximum atomic E-state index is 11.2. The van der Waals surface area contributed by atoms with Crippen molar-refractivity contribution < 1.29 is 9.53 Å². The summed E-state index contributed by atoms with van der Waals surface area (Å²) in [4.78, 5) is 11.2. The lowest BCUT2D eigenvalue weighted by molar-refractivity contribution is -0.139. The molecule has 0 aliphatic heterocycles. The highest BCUT2D eigenvalue weighted by atomic mass is 32.2. The van der Waals surface area contributed by atoms with Gasteiger partial charge in [0.05, 0.1) is 13.5 Å². The fraction of sp³-hybridized carbons (Fsp3) is 0.462. The number of esters is 1. The summed E-state index contributed by atoms with van der Waals surface area (Å²) >= 11 is 1.88. The van der Waals surface area contributed by atoms with Crippen LogP contribution >= 0.6 is 11.8 Å². The third-order valence-corrected chi connectivity index (χ3v) is 3.40. The first-order chi connectivity index (χ1) is 7.63. The fourth-order valence-corrected chi connectivity index (χ4v) is 2.15. The second kappa shape index (κ2) is 6.59. The van der Waals surface area contributed by atoms with E-state index in [4.69, 9.17) is 0 Å². The number of carbonyl (C=O) groups is 1. The Morgan fingerprint density at radius 3 is 2.50 bits per heavy atom. The van der Waals surface area contributed by atoms with E-state index < -0.39 is 0 Å². The molecule has 0 atom stereocenters. The number of methoxy groups -OCH3 is 1. The molecule has 0 aromatic heterocycles. The van der Waals surface area contributed by atoms with Crippen molar-refractivity contribution in [2.45, 2.75) is 31.3 Å². The van der Waals surface area contributed by atoms with Crippen LogP contribution in [0, 0.1) is 0 Å². The molecule has 0 radical (unpaired) electrons. The molecule has 16 heavy (non-hydrogen) atoms. The number of ether oxygens (including phenoxy) is 1. The highest BCUT2D eigenvalue weighted by molar-refractivity contribution is 7.99. The Kier molecular flexibility index (Phi) is 5.39. The maximum absolute atomic E-state index is 11.2. The van der Waals surface area contributed by atoms with Gasteiger partial charge >= 0.3 is 5.97 Å². The number of thioether (sulfide) groups is 1. The highest BCUT2D eigenvalue weighted by Crippen LogP contribution is 2.20. The summed E-state index contributed by atoms with van der Waals surface area (Å²) in [6, 6.07) is 8.04. The van der Waals surface area contributed by atoms with Gasteiger partial charge in [-0.3, -0.25) is 4.79 Å². The second-order valence-electron chi connectivity index (χ2n) is 3.88. The number of hydrogen-bond donors (Lipinski definition) is 0. The van der Waals surface area contributed by atoms with Gasteiger partial charge in [-0.15, -0.1) is 0 Å². The third-order valence-electron chi connectivity index (χ3n) is 2.25. The van der Waals surface area contributed by atoms with Crippen LogP contribution in [0.2, 0.25) is 0 Å². The van der Waals surface area contributed by atoms with Crippen LogP contribution in [-0.4, -0.2) is 18.3 Å². The average molecular weight is 238 g/mol. The highest BCUT2D eigenvalue weighted by Gasteiger charge is 2.08. The molecule has 0 N–H and O–H groups in total. The van der Waals surface area contributed by atoms with Crippen molar-refractivity contribution in [3.05, 3.63) is 35.4 Å². The summed E-state index contributed by atoms with van der Waals surface area (Å²) in [7, 11) is 1.42. The number of rotatable bonds is 5. The van der Waals surface area contributed by atoms with Crippen molar-refractivity contribution in [1.29, 1.82) is 0 Å². The summed E-state index contributed by atoms with van der Waals surface area (Å²) < 4.78 is 4.69. The van der Waals surface area contributed by atoms with Gasteiger partial charge in [0.25, 0.3) is 0 Å². The summed E-state index contributed by atoms with van der Waals surface area (Å²) in [5, 5.41) is 0.603. The van der Waals surface area contributed by atoms with Gasteiger partial charge in [-0.05, 0) is 16.4 Å². The minimum absolute atomic E-state index is 0.179. The number of carbonyl (C=O) groups excluding carboxylic acids is 1. The monoisotopic (exact) mass is 238 g/mol. The fourth-order valence-electron chi connectivity index (χ4n) is 1.35. The maximum Gasteiger partial charge on any atom is 0.309 e.